The van der Waals surface area contributed by atoms with Crippen LogP contribution in [0.3, 0.4) is 0 Å². The van der Waals surface area contributed by atoms with Crippen molar-refractivity contribution in [3.8, 4) is 0 Å². The van der Waals surface area contributed by atoms with Crippen LogP contribution in [0.5, 0.6) is 0 Å². The fraction of sp³-hybridized carbons (Fsp3) is 0.357. The average molecular weight is 229 g/mol. The van der Waals surface area contributed by atoms with Crippen LogP contribution in [0.4, 0.5) is 0 Å². The van der Waals surface area contributed by atoms with Crippen LogP contribution in [-0.4, -0.2) is 10.2 Å². The number of aryl methyl sites for hydroxylation is 2. The molecule has 0 aliphatic heterocycles. The number of H-pyrrole nitrogens is 1. The number of aromatic nitrogens is 2. The van der Waals surface area contributed by atoms with Crippen LogP contribution in [0.15, 0.2) is 18.3 Å². The Balaban J connectivity index is 2.59. The van der Waals surface area contributed by atoms with Crippen LogP contribution in [0.1, 0.15) is 39.6 Å². The Morgan fingerprint density at radius 3 is 2.18 bits per heavy atom. The summed E-state index contributed by atoms with van der Waals surface area (Å²) >= 11 is 0. The molecule has 0 saturated heterocycles. The number of nitrogens with zero attached hydrogens (tertiary/aromatic N) is 1. The Bertz CT molecular complexity index is 501. The van der Waals surface area contributed by atoms with Crippen LogP contribution in [-0.2, 0) is 0 Å². The van der Waals surface area contributed by atoms with E-state index in [0.717, 1.165) is 5.69 Å². The van der Waals surface area contributed by atoms with E-state index in [1.54, 1.807) is 6.20 Å². The molecule has 1 heterocycles. The zero-order valence-electron chi connectivity index (χ0n) is 10.8. The van der Waals surface area contributed by atoms with Gasteiger partial charge in [0.05, 0.1) is 11.7 Å². The SMILES string of the molecule is Cc1cc(C)c(C)c(C(N)c2ccn[nH]2)c1C. The molecule has 90 valence electrons. The third kappa shape index (κ3) is 1.98. The first-order chi connectivity index (χ1) is 8.02. The van der Waals surface area contributed by atoms with Crippen molar-refractivity contribution in [1.29, 1.82) is 0 Å². The second-order valence-corrected chi connectivity index (χ2v) is 4.66. The quantitative estimate of drug-likeness (QED) is 0.832. The molecule has 1 atom stereocenters. The predicted molar refractivity (Wildman–Crippen MR) is 70.0 cm³/mol. The van der Waals surface area contributed by atoms with E-state index in [0.29, 0.717) is 0 Å². The Morgan fingerprint density at radius 1 is 1.12 bits per heavy atom. The minimum Gasteiger partial charge on any atom is -0.319 e. The minimum atomic E-state index is -0.129. The van der Waals surface area contributed by atoms with Gasteiger partial charge in [-0.1, -0.05) is 6.07 Å². The van der Waals surface area contributed by atoms with Gasteiger partial charge in [-0.25, -0.2) is 0 Å². The summed E-state index contributed by atoms with van der Waals surface area (Å²) < 4.78 is 0. The van der Waals surface area contributed by atoms with Gasteiger partial charge in [-0.2, -0.15) is 5.10 Å². The summed E-state index contributed by atoms with van der Waals surface area (Å²) in [6, 6.07) is 4.02. The van der Waals surface area contributed by atoms with E-state index in [1.807, 2.05) is 6.07 Å². The number of aromatic amines is 1. The highest BCUT2D eigenvalue weighted by Gasteiger charge is 2.17. The molecule has 0 fully saturated rings. The molecule has 3 N–H and O–H groups in total. The maximum Gasteiger partial charge on any atom is 0.0725 e. The first-order valence-electron chi connectivity index (χ1n) is 5.84. The molecule has 17 heavy (non-hydrogen) atoms. The lowest BCUT2D eigenvalue weighted by molar-refractivity contribution is 0.798. The third-order valence-electron chi connectivity index (χ3n) is 3.59. The number of benzene rings is 1. The fourth-order valence-electron chi connectivity index (χ4n) is 2.31. The molecule has 0 spiro atoms. The van der Waals surface area contributed by atoms with Gasteiger partial charge in [-0.05, 0) is 61.6 Å². The summed E-state index contributed by atoms with van der Waals surface area (Å²) in [5, 5.41) is 6.92. The molecule has 0 aliphatic rings. The molecule has 1 aromatic carbocycles. The van der Waals surface area contributed by atoms with Gasteiger partial charge in [-0.3, -0.25) is 5.10 Å². The molecule has 0 bridgehead atoms. The minimum absolute atomic E-state index is 0.129. The standard InChI is InChI=1S/C14H19N3/c1-8-7-9(2)11(4)13(10(8)3)14(15)12-5-6-16-17-12/h5-7,14H,15H2,1-4H3,(H,16,17). The van der Waals surface area contributed by atoms with E-state index in [2.05, 4.69) is 44.0 Å². The molecule has 1 unspecified atom stereocenters. The number of rotatable bonds is 2. The van der Waals surface area contributed by atoms with Crippen molar-refractivity contribution < 1.29 is 0 Å². The highest BCUT2D eigenvalue weighted by molar-refractivity contribution is 5.47. The lowest BCUT2D eigenvalue weighted by Gasteiger charge is -2.20. The second-order valence-electron chi connectivity index (χ2n) is 4.66. The highest BCUT2D eigenvalue weighted by atomic mass is 15.1. The average Bonchev–Trinajstić information content (AvgIpc) is 2.80. The first kappa shape index (κ1) is 11.9. The highest BCUT2D eigenvalue weighted by Crippen LogP contribution is 2.28. The maximum atomic E-state index is 6.33. The lowest BCUT2D eigenvalue weighted by Crippen LogP contribution is -2.16. The normalized spacial score (nSPS) is 12.8. The van der Waals surface area contributed by atoms with E-state index in [9.17, 15) is 0 Å². The van der Waals surface area contributed by atoms with E-state index in [1.165, 1.54) is 27.8 Å². The number of nitrogens with one attached hydrogen (secondary N) is 1. The number of hydrogen-bond donors (Lipinski definition) is 2. The van der Waals surface area contributed by atoms with Gasteiger partial charge >= 0.3 is 0 Å². The van der Waals surface area contributed by atoms with Gasteiger partial charge in [0.25, 0.3) is 0 Å². The van der Waals surface area contributed by atoms with E-state index in [-0.39, 0.29) is 6.04 Å². The molecule has 2 rings (SSSR count). The van der Waals surface area contributed by atoms with Crippen molar-refractivity contribution in [2.45, 2.75) is 33.7 Å². The molecule has 3 heteroatoms. The molecular weight excluding hydrogens is 210 g/mol. The second kappa shape index (κ2) is 4.34. The zero-order valence-corrected chi connectivity index (χ0v) is 10.8. The van der Waals surface area contributed by atoms with Gasteiger partial charge in [0.15, 0.2) is 0 Å². The van der Waals surface area contributed by atoms with Crippen LogP contribution in [0, 0.1) is 27.7 Å². The summed E-state index contributed by atoms with van der Waals surface area (Å²) in [5.74, 6) is 0. The summed E-state index contributed by atoms with van der Waals surface area (Å²) in [6.07, 6.45) is 1.74. The Kier molecular flexibility index (Phi) is 3.03. The largest absolute Gasteiger partial charge is 0.319 e. The first-order valence-corrected chi connectivity index (χ1v) is 5.84. The van der Waals surface area contributed by atoms with Crippen molar-refractivity contribution in [3.63, 3.8) is 0 Å². The van der Waals surface area contributed by atoms with Gasteiger partial charge in [0.2, 0.25) is 0 Å². The van der Waals surface area contributed by atoms with Crippen molar-refractivity contribution in [1.82, 2.24) is 10.2 Å². The summed E-state index contributed by atoms with van der Waals surface area (Å²) in [7, 11) is 0. The van der Waals surface area contributed by atoms with Crippen molar-refractivity contribution in [3.05, 3.63) is 51.8 Å². The summed E-state index contributed by atoms with van der Waals surface area (Å²) in [4.78, 5) is 0. The van der Waals surface area contributed by atoms with Crippen LogP contribution in [0.25, 0.3) is 0 Å². The van der Waals surface area contributed by atoms with Crippen molar-refractivity contribution >= 4 is 0 Å². The maximum absolute atomic E-state index is 6.33. The van der Waals surface area contributed by atoms with E-state index in [4.69, 9.17) is 5.73 Å². The van der Waals surface area contributed by atoms with Crippen LogP contribution in [0.2, 0.25) is 0 Å². The lowest BCUT2D eigenvalue weighted by atomic mass is 9.89. The van der Waals surface area contributed by atoms with E-state index >= 15 is 0 Å². The molecule has 1 aromatic heterocycles. The monoisotopic (exact) mass is 229 g/mol. The van der Waals surface area contributed by atoms with Gasteiger partial charge in [0.1, 0.15) is 0 Å². The number of hydrogen-bond acceptors (Lipinski definition) is 2. The van der Waals surface area contributed by atoms with Crippen LogP contribution < -0.4 is 5.73 Å². The smallest absolute Gasteiger partial charge is 0.0725 e. The molecule has 0 amide bonds. The molecule has 2 aromatic rings. The van der Waals surface area contributed by atoms with Crippen molar-refractivity contribution in [2.75, 3.05) is 0 Å². The summed E-state index contributed by atoms with van der Waals surface area (Å²) in [6.45, 7) is 8.52. The molecule has 0 aliphatic carbocycles. The predicted octanol–water partition coefficient (Wildman–Crippen LogP) is 2.69. The van der Waals surface area contributed by atoms with E-state index < -0.39 is 0 Å². The Hall–Kier alpha value is -1.61. The summed E-state index contributed by atoms with van der Waals surface area (Å²) in [5.41, 5.74) is 13.6. The zero-order chi connectivity index (χ0) is 12.6. The van der Waals surface area contributed by atoms with Crippen molar-refractivity contribution in [2.24, 2.45) is 5.73 Å². The molecule has 3 nitrogen and oxygen atoms in total. The topological polar surface area (TPSA) is 54.7 Å². The third-order valence-corrected chi connectivity index (χ3v) is 3.59. The fourth-order valence-corrected chi connectivity index (χ4v) is 2.31. The van der Waals surface area contributed by atoms with Gasteiger partial charge in [-0.15, -0.1) is 0 Å². The number of nitrogens with two attached hydrogens (primary N) is 1. The molecular formula is C14H19N3. The van der Waals surface area contributed by atoms with Gasteiger partial charge < -0.3 is 5.73 Å². The van der Waals surface area contributed by atoms with Gasteiger partial charge in [0, 0.05) is 6.20 Å². The Labute approximate surface area is 102 Å². The Morgan fingerprint density at radius 2 is 1.71 bits per heavy atom. The molecule has 0 saturated carbocycles. The van der Waals surface area contributed by atoms with Crippen LogP contribution >= 0.6 is 0 Å². The molecule has 0 radical (unpaired) electrons.